The number of aliphatic imine (C=N–C) groups is 1. The van der Waals surface area contributed by atoms with E-state index in [2.05, 4.69) is 27.8 Å². The lowest BCUT2D eigenvalue weighted by Gasteiger charge is -2.19. The summed E-state index contributed by atoms with van der Waals surface area (Å²) in [6, 6.07) is 0.368. The molecule has 1 rings (SSSR count). The summed E-state index contributed by atoms with van der Waals surface area (Å²) in [7, 11) is -3.11. The number of guanidine groups is 1. The highest BCUT2D eigenvalue weighted by Gasteiger charge is 2.28. The van der Waals surface area contributed by atoms with Crippen LogP contribution in [-0.2, 0) is 9.84 Å². The molecule has 0 atom stereocenters. The minimum Gasteiger partial charge on any atom is -0.357 e. The molecule has 1 aliphatic rings. The van der Waals surface area contributed by atoms with Gasteiger partial charge in [0.25, 0.3) is 0 Å². The molecule has 0 aromatic carbocycles. The molecule has 7 heteroatoms. The van der Waals surface area contributed by atoms with Crippen LogP contribution in [0.1, 0.15) is 40.5 Å². The fraction of sp³-hybridized carbons (Fsp3) is 0.786. The number of hydrogen-bond donors (Lipinski definition) is 2. The monoisotopic (exact) mass is 429 g/mol. The molecule has 1 aliphatic carbocycles. The number of nitrogens with zero attached hydrogens (tertiary/aromatic N) is 1. The van der Waals surface area contributed by atoms with Gasteiger partial charge in [0.15, 0.2) is 15.8 Å². The predicted molar refractivity (Wildman–Crippen MR) is 100 cm³/mol. The summed E-state index contributed by atoms with van der Waals surface area (Å²) in [6.45, 7) is 8.21. The fourth-order valence-electron chi connectivity index (χ4n) is 1.83. The largest absolute Gasteiger partial charge is 0.357 e. The van der Waals surface area contributed by atoms with Crippen molar-refractivity contribution < 1.29 is 8.42 Å². The summed E-state index contributed by atoms with van der Waals surface area (Å²) in [5, 5.41) is 6.47. The van der Waals surface area contributed by atoms with E-state index in [1.165, 1.54) is 0 Å². The molecule has 0 spiro atoms. The van der Waals surface area contributed by atoms with Gasteiger partial charge >= 0.3 is 0 Å². The molecule has 0 unspecified atom stereocenters. The molecule has 0 radical (unpaired) electrons. The highest BCUT2D eigenvalue weighted by atomic mass is 127. The molecule has 21 heavy (non-hydrogen) atoms. The van der Waals surface area contributed by atoms with Crippen LogP contribution in [0.25, 0.3) is 0 Å². The zero-order valence-corrected chi connectivity index (χ0v) is 16.5. The Kier molecular flexibility index (Phi) is 8.84. The summed E-state index contributed by atoms with van der Waals surface area (Å²) in [5.41, 5.74) is 0. The van der Waals surface area contributed by atoms with Gasteiger partial charge in [0.1, 0.15) is 0 Å². The second-order valence-electron chi connectivity index (χ2n) is 5.98. The smallest absolute Gasteiger partial charge is 0.191 e. The van der Waals surface area contributed by atoms with Crippen LogP contribution in [0.4, 0.5) is 0 Å². The molecule has 0 aromatic rings. The van der Waals surface area contributed by atoms with Gasteiger partial charge in [-0.3, -0.25) is 4.99 Å². The van der Waals surface area contributed by atoms with Crippen molar-refractivity contribution in [3.8, 4) is 0 Å². The number of halogens is 1. The van der Waals surface area contributed by atoms with Crippen molar-refractivity contribution in [3.63, 3.8) is 0 Å². The third-order valence-corrected chi connectivity index (χ3v) is 5.84. The van der Waals surface area contributed by atoms with Gasteiger partial charge in [0, 0.05) is 12.6 Å². The summed E-state index contributed by atoms with van der Waals surface area (Å²) in [6.07, 6.45) is 6.27. The Balaban J connectivity index is 0.00000400. The normalized spacial score (nSPS) is 16.7. The summed E-state index contributed by atoms with van der Waals surface area (Å²) < 4.78 is 23.3. The average Bonchev–Trinajstić information content (AvgIpc) is 2.80. The van der Waals surface area contributed by atoms with E-state index in [-0.39, 0.29) is 36.3 Å². The van der Waals surface area contributed by atoms with E-state index in [1.54, 1.807) is 20.8 Å². The van der Waals surface area contributed by atoms with Crippen LogP contribution in [0.5, 0.6) is 0 Å². The van der Waals surface area contributed by atoms with Crippen LogP contribution < -0.4 is 10.6 Å². The van der Waals surface area contributed by atoms with Crippen molar-refractivity contribution >= 4 is 39.8 Å². The van der Waals surface area contributed by atoms with Crippen molar-refractivity contribution in [2.75, 3.05) is 18.8 Å². The minimum absolute atomic E-state index is 0. The first-order valence-corrected chi connectivity index (χ1v) is 8.83. The molecule has 124 valence electrons. The topological polar surface area (TPSA) is 70.6 Å². The van der Waals surface area contributed by atoms with Crippen LogP contribution in [0.15, 0.2) is 17.1 Å². The van der Waals surface area contributed by atoms with Crippen molar-refractivity contribution in [2.24, 2.45) is 4.99 Å². The standard InChI is InChI=1S/C14H27N3O2S.HI/c1-5-15-13(17-12-8-6-7-9-12)16-10-11-20(18,19)14(2,3)4;/h6-7,12H,5,8-11H2,1-4H3,(H2,15,16,17);1H. The number of hydrogen-bond acceptors (Lipinski definition) is 3. The molecule has 0 aromatic heterocycles. The molecule has 0 saturated heterocycles. The van der Waals surface area contributed by atoms with Crippen LogP contribution >= 0.6 is 24.0 Å². The molecule has 0 bridgehead atoms. The molecule has 5 nitrogen and oxygen atoms in total. The Labute approximate surface area is 146 Å². The zero-order chi connectivity index (χ0) is 15.2. The maximum Gasteiger partial charge on any atom is 0.191 e. The quantitative estimate of drug-likeness (QED) is 0.304. The molecule has 2 N–H and O–H groups in total. The average molecular weight is 429 g/mol. The van der Waals surface area contributed by atoms with Crippen LogP contribution in [0.2, 0.25) is 0 Å². The zero-order valence-electron chi connectivity index (χ0n) is 13.3. The molecule has 0 heterocycles. The number of rotatable bonds is 5. The van der Waals surface area contributed by atoms with E-state index in [1.807, 2.05) is 6.92 Å². The van der Waals surface area contributed by atoms with E-state index in [9.17, 15) is 8.42 Å². The number of nitrogens with one attached hydrogen (secondary N) is 2. The third-order valence-electron chi connectivity index (χ3n) is 3.26. The Morgan fingerprint density at radius 3 is 2.33 bits per heavy atom. The van der Waals surface area contributed by atoms with Crippen molar-refractivity contribution in [1.82, 2.24) is 10.6 Å². The molecule has 0 saturated carbocycles. The summed E-state index contributed by atoms with van der Waals surface area (Å²) in [4.78, 5) is 4.36. The third kappa shape index (κ3) is 6.99. The Hall–Kier alpha value is -0.310. The van der Waals surface area contributed by atoms with E-state index in [0.29, 0.717) is 12.0 Å². The number of sulfone groups is 1. The van der Waals surface area contributed by atoms with Crippen molar-refractivity contribution in [3.05, 3.63) is 12.2 Å². The molecule has 0 aliphatic heterocycles. The lowest BCUT2D eigenvalue weighted by molar-refractivity contribution is 0.560. The molecular weight excluding hydrogens is 401 g/mol. The van der Waals surface area contributed by atoms with E-state index < -0.39 is 14.6 Å². The lowest BCUT2D eigenvalue weighted by atomic mass is 10.2. The SMILES string of the molecule is CCNC(=NCCS(=O)(=O)C(C)(C)C)NC1CC=CC1.I. The van der Waals surface area contributed by atoms with Gasteiger partial charge in [-0.1, -0.05) is 12.2 Å². The van der Waals surface area contributed by atoms with Gasteiger partial charge in [-0.25, -0.2) is 8.42 Å². The van der Waals surface area contributed by atoms with Gasteiger partial charge in [-0.05, 0) is 40.5 Å². The van der Waals surface area contributed by atoms with E-state index >= 15 is 0 Å². The summed E-state index contributed by atoms with van der Waals surface area (Å²) >= 11 is 0. The Bertz CT molecular complexity index is 459. The highest BCUT2D eigenvalue weighted by molar-refractivity contribution is 14.0. The van der Waals surface area contributed by atoms with Gasteiger partial charge < -0.3 is 10.6 Å². The predicted octanol–water partition coefficient (Wildman–Crippen LogP) is 2.09. The van der Waals surface area contributed by atoms with Crippen LogP contribution in [0.3, 0.4) is 0 Å². The maximum atomic E-state index is 12.0. The second-order valence-corrected chi connectivity index (χ2v) is 8.84. The second kappa shape index (κ2) is 8.97. The van der Waals surface area contributed by atoms with E-state index in [0.717, 1.165) is 19.4 Å². The van der Waals surface area contributed by atoms with Gasteiger partial charge in [-0.2, -0.15) is 0 Å². The van der Waals surface area contributed by atoms with Crippen molar-refractivity contribution in [2.45, 2.75) is 51.3 Å². The van der Waals surface area contributed by atoms with Gasteiger partial charge in [0.05, 0.1) is 17.0 Å². The highest BCUT2D eigenvalue weighted by Crippen LogP contribution is 2.15. The summed E-state index contributed by atoms with van der Waals surface area (Å²) in [5.74, 6) is 0.779. The first kappa shape index (κ1) is 20.7. The minimum atomic E-state index is -3.11. The van der Waals surface area contributed by atoms with Crippen LogP contribution in [-0.4, -0.2) is 44.0 Å². The Morgan fingerprint density at radius 1 is 1.29 bits per heavy atom. The van der Waals surface area contributed by atoms with Crippen molar-refractivity contribution in [1.29, 1.82) is 0 Å². The Morgan fingerprint density at radius 2 is 1.86 bits per heavy atom. The lowest BCUT2D eigenvalue weighted by Crippen LogP contribution is -2.43. The first-order valence-electron chi connectivity index (χ1n) is 7.18. The molecule has 0 amide bonds. The van der Waals surface area contributed by atoms with Crippen LogP contribution in [0, 0.1) is 0 Å². The van der Waals surface area contributed by atoms with E-state index in [4.69, 9.17) is 0 Å². The molecule has 0 fully saturated rings. The fourth-order valence-corrected chi connectivity index (χ4v) is 2.78. The van der Waals surface area contributed by atoms with Gasteiger partial charge in [-0.15, -0.1) is 24.0 Å². The molecular formula is C14H28IN3O2S. The maximum absolute atomic E-state index is 12.0. The van der Waals surface area contributed by atoms with Gasteiger partial charge in [0.2, 0.25) is 0 Å². The first-order chi connectivity index (χ1) is 9.26.